The molecule has 2 N–H and O–H groups in total. The highest BCUT2D eigenvalue weighted by Gasteiger charge is 2.41. The highest BCUT2D eigenvalue weighted by molar-refractivity contribution is 5.95. The average Bonchev–Trinajstić information content (AvgIpc) is 2.55. The van der Waals surface area contributed by atoms with Gasteiger partial charge in [-0.3, -0.25) is 14.9 Å². The van der Waals surface area contributed by atoms with Crippen molar-refractivity contribution in [3.8, 4) is 5.75 Å². The number of carbonyl (C=O) groups excluding carboxylic acids is 1. The third-order valence-corrected chi connectivity index (χ3v) is 5.08. The fourth-order valence-corrected chi connectivity index (χ4v) is 3.68. The summed E-state index contributed by atoms with van der Waals surface area (Å²) >= 11 is 0. The number of nitrogens with zero attached hydrogens (tertiary/aromatic N) is 2. The summed E-state index contributed by atoms with van der Waals surface area (Å²) in [4.78, 5) is 25.0. The van der Waals surface area contributed by atoms with Gasteiger partial charge < -0.3 is 20.1 Å². The van der Waals surface area contributed by atoms with E-state index in [1.807, 2.05) is 4.90 Å². The molecular weight excluding hydrogens is 338 g/mol. The van der Waals surface area contributed by atoms with Gasteiger partial charge >= 0.3 is 5.69 Å². The number of nitrogens with one attached hydrogen (secondary N) is 1. The molecule has 3 rings (SSSR count). The standard InChI is InChI=1S/C18H25N3O5/c1-11(22)19-13-10-14-12(9-15(23)18(2,3)26-14)16(17(13)21(24)25)20-7-5-4-6-8-20/h10,15,23H,4-9H2,1-3H3,(H,19,22)/t15-/m0/s1. The Morgan fingerprint density at radius 1 is 1.38 bits per heavy atom. The van der Waals surface area contributed by atoms with Gasteiger partial charge in [0.05, 0.1) is 11.0 Å². The normalized spacial score (nSPS) is 21.5. The van der Waals surface area contributed by atoms with Crippen molar-refractivity contribution in [3.05, 3.63) is 21.7 Å². The number of nitro benzene ring substituents is 1. The first kappa shape index (κ1) is 18.4. The van der Waals surface area contributed by atoms with E-state index in [0.29, 0.717) is 30.1 Å². The minimum absolute atomic E-state index is 0.128. The molecule has 0 bridgehead atoms. The minimum Gasteiger partial charge on any atom is -0.485 e. The lowest BCUT2D eigenvalue weighted by Gasteiger charge is -2.40. The number of amides is 1. The topological polar surface area (TPSA) is 105 Å². The predicted octanol–water partition coefficient (Wildman–Crippen LogP) is 2.62. The molecular formula is C18H25N3O5. The number of nitro groups is 1. The van der Waals surface area contributed by atoms with Crippen LogP contribution in [0, 0.1) is 10.1 Å². The minimum atomic E-state index is -0.810. The maximum absolute atomic E-state index is 11.9. The van der Waals surface area contributed by atoms with Crippen LogP contribution in [0.15, 0.2) is 6.07 Å². The van der Waals surface area contributed by atoms with Crippen LogP contribution < -0.4 is 15.0 Å². The first-order chi connectivity index (χ1) is 12.2. The van der Waals surface area contributed by atoms with Gasteiger partial charge in [0.25, 0.3) is 0 Å². The SMILES string of the molecule is CC(=O)Nc1cc2c(c(N3CCCCC3)c1[N+](=O)[O-])C[C@H](O)C(C)(C)O2. The summed E-state index contributed by atoms with van der Waals surface area (Å²) in [6.07, 6.45) is 2.49. The fourth-order valence-electron chi connectivity index (χ4n) is 3.68. The number of carbonyl (C=O) groups is 1. The van der Waals surface area contributed by atoms with Crippen molar-refractivity contribution in [3.63, 3.8) is 0 Å². The zero-order valence-electron chi connectivity index (χ0n) is 15.4. The Labute approximate surface area is 152 Å². The molecule has 0 unspecified atom stereocenters. The maximum atomic E-state index is 11.9. The monoisotopic (exact) mass is 363 g/mol. The molecule has 1 aromatic rings. The summed E-state index contributed by atoms with van der Waals surface area (Å²) in [5.74, 6) is 0.1000. The van der Waals surface area contributed by atoms with Crippen LogP contribution in [0.25, 0.3) is 0 Å². The number of fused-ring (bicyclic) bond motifs is 1. The Morgan fingerprint density at radius 3 is 2.62 bits per heavy atom. The van der Waals surface area contributed by atoms with E-state index in [0.717, 1.165) is 19.3 Å². The van der Waals surface area contributed by atoms with E-state index >= 15 is 0 Å². The van der Waals surface area contributed by atoms with Crippen molar-refractivity contribution in [2.45, 2.75) is 58.2 Å². The third kappa shape index (κ3) is 3.33. The molecule has 8 heteroatoms. The van der Waals surface area contributed by atoms with Gasteiger partial charge in [0.1, 0.15) is 22.7 Å². The van der Waals surface area contributed by atoms with Crippen molar-refractivity contribution >= 4 is 23.0 Å². The fraction of sp³-hybridized carbons (Fsp3) is 0.611. The van der Waals surface area contributed by atoms with E-state index in [9.17, 15) is 20.0 Å². The third-order valence-electron chi connectivity index (χ3n) is 5.08. The molecule has 0 radical (unpaired) electrons. The molecule has 2 heterocycles. The molecule has 1 saturated heterocycles. The van der Waals surface area contributed by atoms with Crippen molar-refractivity contribution in [2.75, 3.05) is 23.3 Å². The Bertz CT molecular complexity index is 741. The van der Waals surface area contributed by atoms with Crippen LogP contribution in [0.1, 0.15) is 45.6 Å². The lowest BCUT2D eigenvalue weighted by molar-refractivity contribution is -0.383. The number of hydrogen-bond acceptors (Lipinski definition) is 6. The number of rotatable bonds is 3. The number of piperidine rings is 1. The largest absolute Gasteiger partial charge is 0.485 e. The summed E-state index contributed by atoms with van der Waals surface area (Å²) in [6, 6.07) is 1.51. The molecule has 1 atom stereocenters. The molecule has 0 spiro atoms. The lowest BCUT2D eigenvalue weighted by Crippen LogP contribution is -2.47. The van der Waals surface area contributed by atoms with Crippen LogP contribution in [0.3, 0.4) is 0 Å². The van der Waals surface area contributed by atoms with Crippen molar-refractivity contribution in [1.29, 1.82) is 0 Å². The van der Waals surface area contributed by atoms with Gasteiger partial charge in [0, 0.05) is 38.1 Å². The number of hydrogen-bond donors (Lipinski definition) is 2. The maximum Gasteiger partial charge on any atom is 0.316 e. The molecule has 8 nitrogen and oxygen atoms in total. The van der Waals surface area contributed by atoms with E-state index < -0.39 is 16.6 Å². The van der Waals surface area contributed by atoms with Gasteiger partial charge in [-0.15, -0.1) is 0 Å². The van der Waals surface area contributed by atoms with Gasteiger partial charge in [-0.2, -0.15) is 0 Å². The molecule has 2 aliphatic rings. The quantitative estimate of drug-likeness (QED) is 0.632. The van der Waals surface area contributed by atoms with Gasteiger partial charge in [0.2, 0.25) is 5.91 Å². The van der Waals surface area contributed by atoms with Gasteiger partial charge in [-0.1, -0.05) is 0 Å². The highest BCUT2D eigenvalue weighted by atomic mass is 16.6. The Balaban J connectivity index is 2.23. The number of anilines is 2. The second kappa shape index (κ2) is 6.75. The lowest BCUT2D eigenvalue weighted by atomic mass is 9.89. The molecule has 0 aliphatic carbocycles. The molecule has 1 fully saturated rings. The van der Waals surface area contributed by atoms with Crippen LogP contribution in [-0.4, -0.2) is 40.7 Å². The summed E-state index contributed by atoms with van der Waals surface area (Å²) in [5.41, 5.74) is 0.297. The number of aliphatic hydroxyl groups excluding tert-OH is 1. The molecule has 0 saturated carbocycles. The van der Waals surface area contributed by atoms with E-state index in [1.54, 1.807) is 13.8 Å². The number of aliphatic hydroxyl groups is 1. The van der Waals surface area contributed by atoms with Gasteiger partial charge in [-0.25, -0.2) is 0 Å². The zero-order valence-corrected chi connectivity index (χ0v) is 15.4. The number of ether oxygens (including phenoxy) is 1. The molecule has 1 aromatic carbocycles. The van der Waals surface area contributed by atoms with E-state index in [2.05, 4.69) is 5.32 Å². The van der Waals surface area contributed by atoms with E-state index in [1.165, 1.54) is 13.0 Å². The summed E-state index contributed by atoms with van der Waals surface area (Å²) in [6.45, 7) is 6.28. The summed E-state index contributed by atoms with van der Waals surface area (Å²) < 4.78 is 5.97. The second-order valence-corrected chi connectivity index (χ2v) is 7.51. The Kier molecular flexibility index (Phi) is 4.79. The average molecular weight is 363 g/mol. The van der Waals surface area contributed by atoms with E-state index in [4.69, 9.17) is 4.74 Å². The van der Waals surface area contributed by atoms with Crippen molar-refractivity contribution in [2.24, 2.45) is 0 Å². The Hall–Kier alpha value is -2.35. The van der Waals surface area contributed by atoms with Crippen LogP contribution >= 0.6 is 0 Å². The highest BCUT2D eigenvalue weighted by Crippen LogP contribution is 2.48. The van der Waals surface area contributed by atoms with Crippen LogP contribution in [0.5, 0.6) is 5.75 Å². The predicted molar refractivity (Wildman–Crippen MR) is 97.9 cm³/mol. The zero-order chi connectivity index (χ0) is 19.1. The first-order valence-electron chi connectivity index (χ1n) is 8.94. The molecule has 26 heavy (non-hydrogen) atoms. The molecule has 1 amide bonds. The van der Waals surface area contributed by atoms with Gasteiger partial charge in [0.15, 0.2) is 0 Å². The molecule has 2 aliphatic heterocycles. The Morgan fingerprint density at radius 2 is 2.04 bits per heavy atom. The van der Waals surface area contributed by atoms with Gasteiger partial charge in [-0.05, 0) is 33.1 Å². The summed E-state index contributed by atoms with van der Waals surface area (Å²) in [5, 5.41) is 24.9. The molecule has 142 valence electrons. The van der Waals surface area contributed by atoms with Crippen LogP contribution in [0.4, 0.5) is 17.1 Å². The smallest absolute Gasteiger partial charge is 0.316 e. The first-order valence-corrected chi connectivity index (χ1v) is 8.94. The van der Waals surface area contributed by atoms with Crippen molar-refractivity contribution in [1.82, 2.24) is 0 Å². The van der Waals surface area contributed by atoms with E-state index in [-0.39, 0.29) is 23.7 Å². The second-order valence-electron chi connectivity index (χ2n) is 7.51. The van der Waals surface area contributed by atoms with Crippen molar-refractivity contribution < 1.29 is 19.6 Å². The van der Waals surface area contributed by atoms with Crippen LogP contribution in [0.2, 0.25) is 0 Å². The summed E-state index contributed by atoms with van der Waals surface area (Å²) in [7, 11) is 0. The number of benzene rings is 1. The molecule has 0 aromatic heterocycles. The van der Waals surface area contributed by atoms with Crippen LogP contribution in [-0.2, 0) is 11.2 Å².